The molecule has 0 radical (unpaired) electrons. The van der Waals surface area contributed by atoms with Gasteiger partial charge in [0, 0.05) is 19.3 Å². The first-order chi connectivity index (χ1) is 6.77. The zero-order valence-corrected chi connectivity index (χ0v) is 8.75. The lowest BCUT2D eigenvalue weighted by atomic mass is 10.1. The van der Waals surface area contributed by atoms with E-state index in [0.29, 0.717) is 12.7 Å². The van der Waals surface area contributed by atoms with Gasteiger partial charge in [0.05, 0.1) is 12.7 Å². The number of hydrogen-bond acceptors (Lipinski definition) is 3. The number of hydrogen-bond donors (Lipinski definition) is 1. The summed E-state index contributed by atoms with van der Waals surface area (Å²) < 4.78 is 5.15. The molecule has 1 unspecified atom stereocenters. The summed E-state index contributed by atoms with van der Waals surface area (Å²) in [6, 6.07) is 0. The van der Waals surface area contributed by atoms with Gasteiger partial charge in [-0.05, 0) is 6.42 Å². The van der Waals surface area contributed by atoms with Crippen molar-refractivity contribution in [2.45, 2.75) is 50.7 Å². The fourth-order valence-electron chi connectivity index (χ4n) is 1.73. The molecule has 2 rings (SSSR count). The average molecular weight is 201 g/mol. The zero-order chi connectivity index (χ0) is 10.0. The van der Waals surface area contributed by atoms with Crippen molar-refractivity contribution >= 4 is 0 Å². The number of unbranched alkanes of at least 4 members (excludes halogenated alkanes) is 1. The predicted molar refractivity (Wildman–Crippen MR) is 51.5 cm³/mol. The van der Waals surface area contributed by atoms with E-state index in [-0.39, 0.29) is 10.8 Å². The molecule has 0 aromatic carbocycles. The van der Waals surface area contributed by atoms with Crippen LogP contribution in [-0.2, 0) is 9.57 Å². The number of hydroxylamine groups is 2. The molecule has 1 saturated carbocycles. The molecule has 2 fully saturated rings. The van der Waals surface area contributed by atoms with Gasteiger partial charge < -0.3 is 9.94 Å². The smallest absolute Gasteiger partial charge is 0.130 e. The van der Waals surface area contributed by atoms with Crippen LogP contribution < -0.4 is 5.23 Å². The van der Waals surface area contributed by atoms with E-state index in [1.54, 1.807) is 0 Å². The Morgan fingerprint density at radius 2 is 2.29 bits per heavy atom. The first-order valence-electron chi connectivity index (χ1n) is 5.56. The van der Waals surface area contributed by atoms with E-state index in [2.05, 4.69) is 6.92 Å². The maximum Gasteiger partial charge on any atom is 0.130 e. The molecule has 1 aliphatic heterocycles. The maximum atomic E-state index is 11.7. The quantitative estimate of drug-likeness (QED) is 0.369. The molecule has 14 heavy (non-hydrogen) atoms. The normalized spacial score (nSPS) is 30.0. The average Bonchev–Trinajstić information content (AvgIpc) is 3.03. The molecule has 1 saturated heterocycles. The fraction of sp³-hybridized carbons (Fsp3) is 1.00. The first-order valence-corrected chi connectivity index (χ1v) is 5.56. The molecule has 0 spiro atoms. The minimum absolute atomic E-state index is 0.0152. The lowest BCUT2D eigenvalue weighted by Gasteiger charge is -2.28. The second kappa shape index (κ2) is 4.14. The van der Waals surface area contributed by atoms with Crippen LogP contribution in [0, 0.1) is 5.21 Å². The number of rotatable bonds is 7. The highest BCUT2D eigenvalue weighted by atomic mass is 16.9. The fourth-order valence-corrected chi connectivity index (χ4v) is 1.73. The molecule has 2 atom stereocenters. The van der Waals surface area contributed by atoms with Crippen molar-refractivity contribution in [3.8, 4) is 0 Å². The van der Waals surface area contributed by atoms with Gasteiger partial charge >= 0.3 is 0 Å². The molecular formula is C10H19NO3. The predicted octanol–water partition coefficient (Wildman–Crippen LogP) is 0.422. The standard InChI is InChI=1S/C10H19NO3/c1-2-3-6-14-11(12)10(4-5-10)7-9-8-13-9/h9,11H,2-8H2,1H3/t9-/m1/s1. The van der Waals surface area contributed by atoms with Gasteiger partial charge in [-0.2, -0.15) is 0 Å². The molecule has 1 N–H and O–H groups in total. The Bertz CT molecular complexity index is 190. The lowest BCUT2D eigenvalue weighted by Crippen LogP contribution is -3.12. The third kappa shape index (κ3) is 2.45. The lowest BCUT2D eigenvalue weighted by molar-refractivity contribution is -1.08. The Labute approximate surface area is 84.7 Å². The Morgan fingerprint density at radius 3 is 2.79 bits per heavy atom. The van der Waals surface area contributed by atoms with Crippen LogP contribution in [-0.4, -0.2) is 24.9 Å². The number of quaternary nitrogens is 1. The van der Waals surface area contributed by atoms with Gasteiger partial charge in [-0.3, -0.25) is 0 Å². The summed E-state index contributed by atoms with van der Waals surface area (Å²) >= 11 is 0. The summed E-state index contributed by atoms with van der Waals surface area (Å²) in [7, 11) is 0. The van der Waals surface area contributed by atoms with E-state index in [1.807, 2.05) is 0 Å². The van der Waals surface area contributed by atoms with Crippen LogP contribution in [0.1, 0.15) is 39.0 Å². The molecule has 0 aromatic rings. The summed E-state index contributed by atoms with van der Waals surface area (Å²) in [5.41, 5.74) is -0.144. The topological polar surface area (TPSA) is 49.3 Å². The summed E-state index contributed by atoms with van der Waals surface area (Å²) in [6.07, 6.45) is 5.28. The highest BCUT2D eigenvalue weighted by Gasteiger charge is 2.54. The highest BCUT2D eigenvalue weighted by molar-refractivity contribution is 4.97. The van der Waals surface area contributed by atoms with Crippen molar-refractivity contribution in [2.75, 3.05) is 13.2 Å². The molecule has 2 aliphatic rings. The van der Waals surface area contributed by atoms with Crippen LogP contribution >= 0.6 is 0 Å². The zero-order valence-electron chi connectivity index (χ0n) is 8.75. The van der Waals surface area contributed by atoms with E-state index >= 15 is 0 Å². The summed E-state index contributed by atoms with van der Waals surface area (Å²) in [5.74, 6) is 0. The van der Waals surface area contributed by atoms with Gasteiger partial charge in [-0.15, -0.1) is 0 Å². The van der Waals surface area contributed by atoms with Crippen molar-refractivity contribution < 1.29 is 14.8 Å². The highest BCUT2D eigenvalue weighted by Crippen LogP contribution is 2.39. The van der Waals surface area contributed by atoms with E-state index < -0.39 is 0 Å². The molecule has 1 heterocycles. The molecule has 82 valence electrons. The van der Waals surface area contributed by atoms with Crippen LogP contribution in [0.5, 0.6) is 0 Å². The number of ether oxygens (including phenoxy) is 1. The van der Waals surface area contributed by atoms with Gasteiger partial charge in [0.1, 0.15) is 12.1 Å². The summed E-state index contributed by atoms with van der Waals surface area (Å²) in [5, 5.41) is 11.7. The van der Waals surface area contributed by atoms with Crippen LogP contribution in [0.25, 0.3) is 0 Å². The van der Waals surface area contributed by atoms with Crippen LogP contribution in [0.15, 0.2) is 0 Å². The number of nitrogens with one attached hydrogen (secondary N) is 1. The third-order valence-electron chi connectivity index (χ3n) is 3.04. The van der Waals surface area contributed by atoms with E-state index in [0.717, 1.165) is 38.7 Å². The Morgan fingerprint density at radius 1 is 1.57 bits per heavy atom. The molecule has 0 bridgehead atoms. The first kappa shape index (κ1) is 10.4. The molecule has 1 aliphatic carbocycles. The van der Waals surface area contributed by atoms with Gasteiger partial charge in [0.15, 0.2) is 0 Å². The minimum Gasteiger partial charge on any atom is -0.599 e. The van der Waals surface area contributed by atoms with Crippen molar-refractivity contribution in [1.82, 2.24) is 0 Å². The molecule has 0 amide bonds. The van der Waals surface area contributed by atoms with Crippen molar-refractivity contribution in [3.05, 3.63) is 5.21 Å². The molecule has 0 aromatic heterocycles. The summed E-state index contributed by atoms with van der Waals surface area (Å²) in [4.78, 5) is 5.24. The van der Waals surface area contributed by atoms with Gasteiger partial charge in [-0.1, -0.05) is 13.3 Å². The SMILES string of the molecule is CCCCO[NH+]([O-])C1(C[C@@H]2CO2)CC1. The number of epoxide rings is 1. The second-order valence-electron chi connectivity index (χ2n) is 4.43. The van der Waals surface area contributed by atoms with E-state index in [9.17, 15) is 5.21 Å². The Balaban J connectivity index is 1.69. The van der Waals surface area contributed by atoms with E-state index in [1.165, 1.54) is 0 Å². The monoisotopic (exact) mass is 201 g/mol. The van der Waals surface area contributed by atoms with Gasteiger partial charge in [0.2, 0.25) is 0 Å². The largest absolute Gasteiger partial charge is 0.599 e. The van der Waals surface area contributed by atoms with Crippen molar-refractivity contribution in [1.29, 1.82) is 0 Å². The summed E-state index contributed by atoms with van der Waals surface area (Å²) in [6.45, 7) is 3.52. The Kier molecular flexibility index (Phi) is 3.07. The molecule has 4 nitrogen and oxygen atoms in total. The molecular weight excluding hydrogens is 182 g/mol. The third-order valence-corrected chi connectivity index (χ3v) is 3.04. The van der Waals surface area contributed by atoms with Gasteiger partial charge in [-0.25, -0.2) is 10.1 Å². The minimum atomic E-state index is -0.144. The van der Waals surface area contributed by atoms with Crippen molar-refractivity contribution in [2.24, 2.45) is 0 Å². The van der Waals surface area contributed by atoms with E-state index in [4.69, 9.17) is 9.57 Å². The van der Waals surface area contributed by atoms with Gasteiger partial charge in [0.25, 0.3) is 0 Å². The van der Waals surface area contributed by atoms with Crippen LogP contribution in [0.3, 0.4) is 0 Å². The molecule has 4 heteroatoms. The van der Waals surface area contributed by atoms with Crippen LogP contribution in [0.2, 0.25) is 0 Å². The van der Waals surface area contributed by atoms with Crippen molar-refractivity contribution in [3.63, 3.8) is 0 Å². The second-order valence-corrected chi connectivity index (χ2v) is 4.43. The van der Waals surface area contributed by atoms with Crippen LogP contribution in [0.4, 0.5) is 0 Å². The maximum absolute atomic E-state index is 11.7. The Hall–Kier alpha value is -0.160.